The molecule has 222 valence electrons. The number of hydrogen-bond donors (Lipinski definition) is 2. The van der Waals surface area contributed by atoms with E-state index in [-0.39, 0.29) is 17.5 Å². The summed E-state index contributed by atoms with van der Waals surface area (Å²) >= 11 is 0. The van der Waals surface area contributed by atoms with Crippen molar-refractivity contribution in [1.29, 1.82) is 0 Å². The Morgan fingerprint density at radius 3 is 2.66 bits per heavy atom. The number of benzene rings is 1. The van der Waals surface area contributed by atoms with E-state index in [2.05, 4.69) is 39.9 Å². The number of nitrogens with zero attached hydrogens (tertiary/aromatic N) is 9. The summed E-state index contributed by atoms with van der Waals surface area (Å²) in [5.41, 5.74) is 9.82. The maximum atomic E-state index is 16.2. The predicted octanol–water partition coefficient (Wildman–Crippen LogP) is 3.85. The van der Waals surface area contributed by atoms with E-state index in [4.69, 9.17) is 15.5 Å². The van der Waals surface area contributed by atoms with Crippen molar-refractivity contribution in [2.24, 2.45) is 5.73 Å². The van der Waals surface area contributed by atoms with E-state index in [1.165, 1.54) is 12.8 Å². The SMILES string of the molecule is NC1CN(c2nccnc2-c2cc3cn[nH]c3c(-c3nc4ccc(-c5ccccc5OCCN5CCCC5)nc4n3F)n2)C1. The number of aromatic amines is 1. The average Bonchev–Trinajstić information content (AvgIpc) is 3.80. The van der Waals surface area contributed by atoms with Gasteiger partial charge < -0.3 is 15.4 Å². The van der Waals surface area contributed by atoms with Crippen LogP contribution in [0.3, 0.4) is 0 Å². The number of imidazole rings is 1. The molecule has 0 radical (unpaired) electrons. The number of aromatic nitrogens is 8. The molecule has 13 heteroatoms. The highest BCUT2D eigenvalue weighted by Gasteiger charge is 2.28. The van der Waals surface area contributed by atoms with Gasteiger partial charge in [-0.1, -0.05) is 16.6 Å². The number of anilines is 1. The Bertz CT molecular complexity index is 1980. The zero-order valence-corrected chi connectivity index (χ0v) is 23.9. The van der Waals surface area contributed by atoms with Gasteiger partial charge in [-0.15, -0.1) is 4.79 Å². The van der Waals surface area contributed by atoms with E-state index in [1.54, 1.807) is 24.7 Å². The van der Waals surface area contributed by atoms with Crippen molar-refractivity contribution < 1.29 is 9.22 Å². The smallest absolute Gasteiger partial charge is 0.194 e. The van der Waals surface area contributed by atoms with Crippen molar-refractivity contribution in [2.45, 2.75) is 18.9 Å². The molecule has 6 aromatic rings. The fourth-order valence-corrected chi connectivity index (χ4v) is 5.98. The third-order valence-corrected chi connectivity index (χ3v) is 8.25. The summed E-state index contributed by atoms with van der Waals surface area (Å²) in [6.07, 6.45) is 7.40. The highest BCUT2D eigenvalue weighted by Crippen LogP contribution is 2.35. The Hall–Kier alpha value is -5.01. The first-order chi connectivity index (χ1) is 21.6. The molecule has 0 atom stereocenters. The van der Waals surface area contributed by atoms with E-state index in [1.807, 2.05) is 36.4 Å². The van der Waals surface area contributed by atoms with Crippen molar-refractivity contribution in [3.05, 3.63) is 61.1 Å². The number of likely N-dealkylation sites (tertiary alicyclic amines) is 1. The molecule has 0 spiro atoms. The summed E-state index contributed by atoms with van der Waals surface area (Å²) in [4.78, 5) is 28.2. The fraction of sp³-hybridized carbons (Fsp3) is 0.290. The first-order valence-electron chi connectivity index (χ1n) is 14.8. The lowest BCUT2D eigenvalue weighted by Gasteiger charge is -2.38. The number of fused-ring (bicyclic) bond motifs is 2. The number of ether oxygens (including phenoxy) is 1. The van der Waals surface area contributed by atoms with Crippen LogP contribution in [0.4, 0.5) is 10.3 Å². The summed E-state index contributed by atoms with van der Waals surface area (Å²) in [5.74, 6) is 1.39. The molecule has 2 aliphatic heterocycles. The van der Waals surface area contributed by atoms with Crippen molar-refractivity contribution in [3.8, 4) is 39.9 Å². The topological polar surface area (TPSA) is 140 Å². The zero-order chi connectivity index (χ0) is 29.6. The van der Waals surface area contributed by atoms with Crippen LogP contribution in [-0.2, 0) is 0 Å². The Kier molecular flexibility index (Phi) is 6.60. The van der Waals surface area contributed by atoms with E-state index < -0.39 is 0 Å². The molecule has 2 fully saturated rings. The molecular formula is C31H30FN11O. The van der Waals surface area contributed by atoms with Crippen LogP contribution in [0, 0.1) is 0 Å². The van der Waals surface area contributed by atoms with E-state index in [9.17, 15) is 0 Å². The van der Waals surface area contributed by atoms with E-state index in [0.29, 0.717) is 69.9 Å². The lowest BCUT2D eigenvalue weighted by Crippen LogP contribution is -2.56. The second-order valence-corrected chi connectivity index (χ2v) is 11.2. The Labute approximate surface area is 251 Å². The molecule has 0 bridgehead atoms. The minimum Gasteiger partial charge on any atom is -0.492 e. The first kappa shape index (κ1) is 26.6. The van der Waals surface area contributed by atoms with Crippen molar-refractivity contribution in [3.63, 3.8) is 0 Å². The largest absolute Gasteiger partial charge is 0.492 e. The average molecular weight is 592 g/mol. The molecular weight excluding hydrogens is 561 g/mol. The van der Waals surface area contributed by atoms with Gasteiger partial charge in [0.1, 0.15) is 29.3 Å². The normalized spacial score (nSPS) is 15.8. The summed E-state index contributed by atoms with van der Waals surface area (Å²) in [6, 6.07) is 13.2. The van der Waals surface area contributed by atoms with Gasteiger partial charge in [0.25, 0.3) is 0 Å². The van der Waals surface area contributed by atoms with Gasteiger partial charge in [-0.3, -0.25) is 10.00 Å². The molecule has 0 saturated carbocycles. The maximum Gasteiger partial charge on any atom is 0.194 e. The van der Waals surface area contributed by atoms with Crippen molar-refractivity contribution in [1.82, 2.24) is 44.8 Å². The Morgan fingerprint density at radius 2 is 1.80 bits per heavy atom. The third kappa shape index (κ3) is 4.70. The minimum atomic E-state index is 0.00677. The Balaban J connectivity index is 1.16. The van der Waals surface area contributed by atoms with Crippen LogP contribution in [-0.4, -0.2) is 90.2 Å². The molecule has 1 aromatic carbocycles. The lowest BCUT2D eigenvalue weighted by atomic mass is 10.1. The highest BCUT2D eigenvalue weighted by molar-refractivity contribution is 5.94. The molecule has 0 unspecified atom stereocenters. The van der Waals surface area contributed by atoms with Crippen LogP contribution in [0.5, 0.6) is 5.75 Å². The molecule has 0 amide bonds. The number of halogens is 1. The Morgan fingerprint density at radius 1 is 0.955 bits per heavy atom. The van der Waals surface area contributed by atoms with Gasteiger partial charge in [0.2, 0.25) is 0 Å². The minimum absolute atomic E-state index is 0.00677. The van der Waals surface area contributed by atoms with Gasteiger partial charge in [0.15, 0.2) is 17.3 Å². The van der Waals surface area contributed by atoms with Crippen LogP contribution in [0.1, 0.15) is 12.8 Å². The van der Waals surface area contributed by atoms with Crippen LogP contribution in [0.2, 0.25) is 0 Å². The maximum absolute atomic E-state index is 16.2. The first-order valence-corrected chi connectivity index (χ1v) is 14.8. The predicted molar refractivity (Wildman–Crippen MR) is 165 cm³/mol. The quantitative estimate of drug-likeness (QED) is 0.268. The number of nitrogens with one attached hydrogen (secondary N) is 1. The van der Waals surface area contributed by atoms with Crippen LogP contribution >= 0.6 is 0 Å². The number of hydrogen-bond acceptors (Lipinski definition) is 10. The van der Waals surface area contributed by atoms with Gasteiger partial charge >= 0.3 is 0 Å². The number of rotatable bonds is 8. The van der Waals surface area contributed by atoms with E-state index >= 15 is 4.48 Å². The molecule has 2 aliphatic rings. The number of pyridine rings is 2. The van der Waals surface area contributed by atoms with Gasteiger partial charge in [0.05, 0.1) is 23.1 Å². The van der Waals surface area contributed by atoms with E-state index in [0.717, 1.165) is 30.6 Å². The summed E-state index contributed by atoms with van der Waals surface area (Å²) in [6.45, 7) is 5.02. The van der Waals surface area contributed by atoms with Gasteiger partial charge in [-0.25, -0.2) is 24.9 Å². The van der Waals surface area contributed by atoms with Crippen LogP contribution in [0.25, 0.3) is 56.2 Å². The molecule has 2 saturated heterocycles. The van der Waals surface area contributed by atoms with Gasteiger partial charge in [0, 0.05) is 49.0 Å². The summed E-state index contributed by atoms with van der Waals surface area (Å²) in [5, 5.41) is 7.88. The van der Waals surface area contributed by atoms with Crippen LogP contribution in [0.15, 0.2) is 61.1 Å². The number of para-hydroxylation sites is 1. The lowest BCUT2D eigenvalue weighted by molar-refractivity contribution is 0.238. The second-order valence-electron chi connectivity index (χ2n) is 11.2. The fourth-order valence-electron chi connectivity index (χ4n) is 5.98. The third-order valence-electron chi connectivity index (χ3n) is 8.25. The molecule has 0 aliphatic carbocycles. The zero-order valence-electron chi connectivity index (χ0n) is 23.9. The molecule has 8 rings (SSSR count). The molecule has 12 nitrogen and oxygen atoms in total. The van der Waals surface area contributed by atoms with Crippen molar-refractivity contribution >= 4 is 27.9 Å². The standard InChI is InChI=1S/C31H30FN11O/c32-43-29-23(8-7-22(38-29)21-5-1-2-6-25(21)44-14-13-41-11-3-4-12-41)39-31(43)28-26-19(16-36-40-26)15-24(37-28)27-30(35-10-9-34-27)42-17-20(33)18-42/h1-2,5-10,15-16,20H,3-4,11-14,17-18,33H2,(H,36,40). The molecule has 44 heavy (non-hydrogen) atoms. The van der Waals surface area contributed by atoms with Crippen molar-refractivity contribution in [2.75, 3.05) is 44.2 Å². The number of nitrogens with two attached hydrogens (primary N) is 1. The second kappa shape index (κ2) is 10.9. The van der Waals surface area contributed by atoms with Gasteiger partial charge in [-0.2, -0.15) is 5.10 Å². The summed E-state index contributed by atoms with van der Waals surface area (Å²) < 4.78 is 22.4. The molecule has 7 heterocycles. The van der Waals surface area contributed by atoms with Crippen LogP contribution < -0.4 is 15.4 Å². The molecule has 3 N–H and O–H groups in total. The molecule has 5 aromatic heterocycles. The number of H-pyrrole nitrogens is 1. The van der Waals surface area contributed by atoms with Gasteiger partial charge in [-0.05, 0) is 56.3 Å². The monoisotopic (exact) mass is 591 g/mol. The summed E-state index contributed by atoms with van der Waals surface area (Å²) in [7, 11) is 0. The highest BCUT2D eigenvalue weighted by atomic mass is 19.2.